The second-order valence-electron chi connectivity index (χ2n) is 11.7. The molecule has 1 radical (unpaired) electrons. The molecule has 43 heavy (non-hydrogen) atoms. The van der Waals surface area contributed by atoms with Crippen molar-refractivity contribution in [2.75, 3.05) is 0 Å². The van der Waals surface area contributed by atoms with Crippen LogP contribution in [0.15, 0.2) is 97.1 Å². The van der Waals surface area contributed by atoms with Gasteiger partial charge in [0.15, 0.2) is 0 Å². The van der Waals surface area contributed by atoms with Crippen molar-refractivity contribution in [3.63, 3.8) is 0 Å². The maximum Gasteiger partial charge on any atom is 0.495 e. The number of hydrogen-bond acceptors (Lipinski definition) is 5. The van der Waals surface area contributed by atoms with E-state index in [-0.39, 0.29) is 40.1 Å². The third kappa shape index (κ3) is 8.42. The van der Waals surface area contributed by atoms with Gasteiger partial charge in [0, 0.05) is 38.3 Å². The number of carbonyl (C=O) groups excluding carboxylic acids is 1. The molecule has 0 atom stereocenters. The van der Waals surface area contributed by atoms with Crippen molar-refractivity contribution in [2.24, 2.45) is 0 Å². The Morgan fingerprint density at radius 3 is 1.72 bits per heavy atom. The normalized spacial score (nSPS) is 15.8. The minimum Gasteiger partial charge on any atom is -0.423 e. The minimum absolute atomic E-state index is 0. The Bertz CT molecular complexity index is 1480. The zero-order valence-corrected chi connectivity index (χ0v) is 27.6. The third-order valence-electron chi connectivity index (χ3n) is 8.16. The van der Waals surface area contributed by atoms with Crippen molar-refractivity contribution in [1.29, 1.82) is 0 Å². The minimum atomic E-state index is -0.749. The summed E-state index contributed by atoms with van der Waals surface area (Å²) in [6.07, 6.45) is 2.57. The van der Waals surface area contributed by atoms with E-state index in [1.165, 1.54) is 16.7 Å². The number of carbonyl (C=O) groups is 1. The summed E-state index contributed by atoms with van der Waals surface area (Å²) in [5.74, 6) is 0. The van der Waals surface area contributed by atoms with Gasteiger partial charge in [-0.2, -0.15) is 0 Å². The summed E-state index contributed by atoms with van der Waals surface area (Å²) in [5.41, 5.74) is 7.43. The molecule has 5 nitrogen and oxygen atoms in total. The maximum atomic E-state index is 11.5. The van der Waals surface area contributed by atoms with E-state index in [0.717, 1.165) is 41.2 Å². The third-order valence-corrected chi connectivity index (χ3v) is 8.16. The van der Waals surface area contributed by atoms with Crippen LogP contribution in [0, 0.1) is 0 Å². The SMILES string of the molecule is C.CC1(C)OB(c2cc(Cc3ccccc3)ccc2C=O)OC1(C)C.OB1OCc2ccc(Cc3ccccc3)cc21.[Y]. The molecule has 0 amide bonds. The van der Waals surface area contributed by atoms with E-state index in [2.05, 4.69) is 30.3 Å². The van der Waals surface area contributed by atoms with Crippen LogP contribution in [0.4, 0.5) is 0 Å². The zero-order valence-electron chi connectivity index (χ0n) is 24.7. The van der Waals surface area contributed by atoms with Crippen LogP contribution in [0.5, 0.6) is 0 Å². The van der Waals surface area contributed by atoms with Crippen LogP contribution >= 0.6 is 0 Å². The average molecular weight is 651 g/mol. The second kappa shape index (κ2) is 15.1. The van der Waals surface area contributed by atoms with Crippen LogP contribution in [0.1, 0.15) is 73.3 Å². The summed E-state index contributed by atoms with van der Waals surface area (Å²) in [6, 6.07) is 32.7. The van der Waals surface area contributed by atoms with Gasteiger partial charge in [0.2, 0.25) is 0 Å². The van der Waals surface area contributed by atoms with Gasteiger partial charge < -0.3 is 19.0 Å². The van der Waals surface area contributed by atoms with Gasteiger partial charge in [-0.3, -0.25) is 4.79 Å². The van der Waals surface area contributed by atoms with E-state index in [0.29, 0.717) is 12.2 Å². The Labute approximate surface area is 282 Å². The Balaban J connectivity index is 0.000000236. The Hall–Kier alpha value is -2.38. The van der Waals surface area contributed by atoms with Gasteiger partial charge in [-0.25, -0.2) is 0 Å². The fourth-order valence-electron chi connectivity index (χ4n) is 5.05. The fourth-order valence-corrected chi connectivity index (χ4v) is 5.05. The van der Waals surface area contributed by atoms with Crippen LogP contribution in [0.25, 0.3) is 0 Å². The monoisotopic (exact) mass is 651 g/mol. The van der Waals surface area contributed by atoms with E-state index >= 15 is 0 Å². The zero-order chi connectivity index (χ0) is 29.0. The molecule has 2 aliphatic heterocycles. The van der Waals surface area contributed by atoms with Gasteiger partial charge in [0.1, 0.15) is 6.29 Å². The van der Waals surface area contributed by atoms with E-state index in [9.17, 15) is 9.82 Å². The van der Waals surface area contributed by atoms with Crippen molar-refractivity contribution in [1.82, 2.24) is 0 Å². The molecule has 219 valence electrons. The predicted octanol–water partition coefficient (Wildman–Crippen LogP) is 5.52. The standard InChI is InChI=1S/C20H23BO3.C14H13BO2.CH4.Y/c1-19(2)20(3,4)24-21(23-19)18-13-16(10-11-17(18)14-22)12-15-8-6-5-7-9-15;16-15-14-9-12(6-7-13(14)10-17-15)8-11-4-2-1-3-5-11;;/h5-11,13-14H,12H2,1-4H3;1-7,9,16H,8,10H2;1H4;. The Morgan fingerprint density at radius 1 is 0.721 bits per heavy atom. The smallest absolute Gasteiger partial charge is 0.423 e. The summed E-state index contributed by atoms with van der Waals surface area (Å²) in [4.78, 5) is 11.5. The van der Waals surface area contributed by atoms with Crippen molar-refractivity contribution >= 4 is 31.4 Å². The van der Waals surface area contributed by atoms with Crippen LogP contribution in [0.2, 0.25) is 0 Å². The van der Waals surface area contributed by atoms with Gasteiger partial charge in [-0.15, -0.1) is 0 Å². The van der Waals surface area contributed by atoms with Crippen molar-refractivity contribution < 1.29 is 56.5 Å². The summed E-state index contributed by atoms with van der Waals surface area (Å²) in [5, 5.41) is 9.65. The van der Waals surface area contributed by atoms with E-state index < -0.39 is 25.4 Å². The van der Waals surface area contributed by atoms with Gasteiger partial charge in [-0.05, 0) is 79.3 Å². The summed E-state index contributed by atoms with van der Waals surface area (Å²) >= 11 is 0. The molecule has 4 aromatic rings. The summed E-state index contributed by atoms with van der Waals surface area (Å²) < 4.78 is 17.4. The number of benzene rings is 4. The number of rotatable bonds is 6. The van der Waals surface area contributed by atoms with Crippen LogP contribution < -0.4 is 10.9 Å². The van der Waals surface area contributed by atoms with E-state index in [1.807, 2.05) is 94.4 Å². The Morgan fingerprint density at radius 2 is 1.21 bits per heavy atom. The van der Waals surface area contributed by atoms with Crippen LogP contribution in [0.3, 0.4) is 0 Å². The van der Waals surface area contributed by atoms with Gasteiger partial charge in [0.25, 0.3) is 0 Å². The van der Waals surface area contributed by atoms with Gasteiger partial charge >= 0.3 is 14.2 Å². The van der Waals surface area contributed by atoms with E-state index in [4.69, 9.17) is 14.0 Å². The summed E-state index contributed by atoms with van der Waals surface area (Å²) in [6.45, 7) is 8.58. The van der Waals surface area contributed by atoms with Crippen molar-refractivity contribution in [2.45, 2.75) is 65.8 Å². The first-order valence-electron chi connectivity index (χ1n) is 14.1. The average Bonchev–Trinajstić information content (AvgIpc) is 3.44. The molecular formula is C35H40B2O5Y. The van der Waals surface area contributed by atoms with Crippen LogP contribution in [-0.2, 0) is 66.1 Å². The topological polar surface area (TPSA) is 65.0 Å². The first kappa shape index (κ1) is 35.1. The molecule has 4 aromatic carbocycles. The number of aldehydes is 1. The largest absolute Gasteiger partial charge is 0.495 e. The predicted molar refractivity (Wildman–Crippen MR) is 172 cm³/mol. The fraction of sp³-hybridized carbons (Fsp3) is 0.286. The molecule has 8 heteroatoms. The van der Waals surface area contributed by atoms with Crippen molar-refractivity contribution in [3.05, 3.63) is 130 Å². The van der Waals surface area contributed by atoms with Crippen LogP contribution in [-0.4, -0.2) is 36.7 Å². The molecule has 2 aliphatic rings. The molecule has 0 unspecified atom stereocenters. The van der Waals surface area contributed by atoms with E-state index in [1.54, 1.807) is 0 Å². The van der Waals surface area contributed by atoms with Gasteiger partial charge in [0.05, 0.1) is 17.8 Å². The number of fused-ring (bicyclic) bond motifs is 1. The van der Waals surface area contributed by atoms with Crippen molar-refractivity contribution in [3.8, 4) is 0 Å². The molecular weight excluding hydrogens is 611 g/mol. The molecule has 0 spiro atoms. The summed E-state index contributed by atoms with van der Waals surface area (Å²) in [7, 11) is -1.27. The molecule has 0 saturated carbocycles. The molecule has 0 aliphatic carbocycles. The number of hydrogen-bond donors (Lipinski definition) is 1. The second-order valence-corrected chi connectivity index (χ2v) is 11.7. The molecule has 6 rings (SSSR count). The molecule has 1 saturated heterocycles. The first-order chi connectivity index (χ1) is 19.6. The quantitative estimate of drug-likeness (QED) is 0.220. The Kier molecular flexibility index (Phi) is 12.3. The van der Waals surface area contributed by atoms with Gasteiger partial charge in [-0.1, -0.05) is 104 Å². The first-order valence-corrected chi connectivity index (χ1v) is 14.1. The molecule has 0 aromatic heterocycles. The molecule has 1 N–H and O–H groups in total. The molecule has 0 bridgehead atoms. The molecule has 1 fully saturated rings. The molecule has 2 heterocycles. The maximum absolute atomic E-state index is 11.5.